The number of methoxy groups -OCH3 is 1. The molecule has 7 nitrogen and oxygen atoms in total. The number of ether oxygens (including phenoxy) is 3. The summed E-state index contributed by atoms with van der Waals surface area (Å²) >= 11 is 0. The largest absolute Gasteiger partial charge is 0.497 e. The van der Waals surface area contributed by atoms with Gasteiger partial charge in [-0.1, -0.05) is 18.2 Å². The van der Waals surface area contributed by atoms with Gasteiger partial charge in [0.2, 0.25) is 0 Å². The van der Waals surface area contributed by atoms with Gasteiger partial charge in [0.1, 0.15) is 11.5 Å². The van der Waals surface area contributed by atoms with Gasteiger partial charge >= 0.3 is 11.7 Å². The Bertz CT molecular complexity index is 1040. The molecule has 0 aliphatic heterocycles. The van der Waals surface area contributed by atoms with Crippen molar-refractivity contribution in [3.63, 3.8) is 0 Å². The van der Waals surface area contributed by atoms with Crippen molar-refractivity contribution >= 4 is 11.7 Å². The molecule has 0 spiro atoms. The number of hydrogen-bond donors (Lipinski definition) is 0. The van der Waals surface area contributed by atoms with Crippen molar-refractivity contribution in [1.29, 1.82) is 0 Å². The Balaban J connectivity index is 1.77. The van der Waals surface area contributed by atoms with Crippen LogP contribution in [0.4, 0.5) is 5.69 Å². The van der Waals surface area contributed by atoms with Crippen molar-refractivity contribution in [2.45, 2.75) is 20.0 Å². The number of carbonyl (C=O) groups excluding carboxylic acids is 1. The van der Waals surface area contributed by atoms with E-state index in [1.54, 1.807) is 67.8 Å². The maximum Gasteiger partial charge on any atom is 0.343 e. The Hall–Kier alpha value is -3.87. The second-order valence-corrected chi connectivity index (χ2v) is 6.75. The van der Waals surface area contributed by atoms with Crippen LogP contribution in [0.15, 0.2) is 66.7 Å². The molecular weight excluding hydrogens is 386 g/mol. The van der Waals surface area contributed by atoms with Crippen molar-refractivity contribution in [2.75, 3.05) is 7.11 Å². The van der Waals surface area contributed by atoms with Crippen molar-refractivity contribution in [1.82, 2.24) is 0 Å². The van der Waals surface area contributed by atoms with Gasteiger partial charge in [-0.2, -0.15) is 0 Å². The smallest absolute Gasteiger partial charge is 0.343 e. The molecule has 0 aliphatic carbocycles. The van der Waals surface area contributed by atoms with Crippen molar-refractivity contribution in [3.8, 4) is 28.4 Å². The number of nitrogens with zero attached hydrogens (tertiary/aromatic N) is 1. The molecule has 3 aromatic rings. The minimum absolute atomic E-state index is 0.101. The zero-order chi connectivity index (χ0) is 21.7. The number of hydrogen-bond acceptors (Lipinski definition) is 6. The fourth-order valence-electron chi connectivity index (χ4n) is 2.80. The molecule has 30 heavy (non-hydrogen) atoms. The normalized spacial score (nSPS) is 10.5. The van der Waals surface area contributed by atoms with E-state index in [-0.39, 0.29) is 17.5 Å². The van der Waals surface area contributed by atoms with Crippen LogP contribution < -0.4 is 14.2 Å². The minimum Gasteiger partial charge on any atom is -0.497 e. The molecule has 3 aromatic carbocycles. The molecule has 0 unspecified atom stereocenters. The molecule has 0 bridgehead atoms. The maximum absolute atomic E-state index is 12.3. The minimum atomic E-state index is -0.490. The van der Waals surface area contributed by atoms with E-state index in [1.165, 1.54) is 6.07 Å². The highest BCUT2D eigenvalue weighted by Gasteiger charge is 2.18. The zero-order valence-electron chi connectivity index (χ0n) is 16.8. The van der Waals surface area contributed by atoms with Crippen molar-refractivity contribution in [3.05, 3.63) is 82.4 Å². The van der Waals surface area contributed by atoms with Crippen LogP contribution in [0, 0.1) is 10.1 Å². The van der Waals surface area contributed by atoms with Gasteiger partial charge in [0, 0.05) is 6.07 Å². The van der Waals surface area contributed by atoms with Crippen LogP contribution in [-0.4, -0.2) is 24.1 Å². The highest BCUT2D eigenvalue weighted by atomic mass is 16.6. The molecular formula is C23H21NO6. The fraction of sp³-hybridized carbons (Fsp3) is 0.174. The van der Waals surface area contributed by atoms with Gasteiger partial charge in [-0.15, -0.1) is 0 Å². The van der Waals surface area contributed by atoms with Gasteiger partial charge in [0.25, 0.3) is 0 Å². The van der Waals surface area contributed by atoms with Crippen LogP contribution in [0.1, 0.15) is 24.2 Å². The third-order valence-corrected chi connectivity index (χ3v) is 4.24. The number of nitro groups is 1. The van der Waals surface area contributed by atoms with Crippen molar-refractivity contribution in [2.24, 2.45) is 0 Å². The zero-order valence-corrected chi connectivity index (χ0v) is 16.8. The first-order chi connectivity index (χ1) is 14.4. The third-order valence-electron chi connectivity index (χ3n) is 4.24. The summed E-state index contributed by atoms with van der Waals surface area (Å²) < 4.78 is 16.0. The standard InChI is InChI=1S/C23H21NO6/c1-15(2)29-22-13-8-18(14-21(22)24(26)27)16-4-11-20(12-5-16)30-23(25)17-6-9-19(28-3)10-7-17/h4-15H,1-3H3. The van der Waals surface area contributed by atoms with Gasteiger partial charge in [0.05, 0.1) is 23.7 Å². The number of benzene rings is 3. The third kappa shape index (κ3) is 4.94. The van der Waals surface area contributed by atoms with E-state index in [0.717, 1.165) is 5.56 Å². The average molecular weight is 407 g/mol. The fourth-order valence-corrected chi connectivity index (χ4v) is 2.80. The Labute approximate surface area is 174 Å². The number of rotatable bonds is 7. The number of nitro benzene ring substituents is 1. The SMILES string of the molecule is COc1ccc(C(=O)Oc2ccc(-c3ccc(OC(C)C)c([N+](=O)[O-])c3)cc2)cc1. The summed E-state index contributed by atoms with van der Waals surface area (Å²) in [6, 6.07) is 18.2. The summed E-state index contributed by atoms with van der Waals surface area (Å²) in [4.78, 5) is 23.2. The van der Waals surface area contributed by atoms with Gasteiger partial charge in [-0.3, -0.25) is 10.1 Å². The molecule has 0 radical (unpaired) electrons. The highest BCUT2D eigenvalue weighted by Crippen LogP contribution is 2.33. The lowest BCUT2D eigenvalue weighted by Crippen LogP contribution is -2.08. The maximum atomic E-state index is 12.3. The second-order valence-electron chi connectivity index (χ2n) is 6.75. The predicted octanol–water partition coefficient (Wildman–Crippen LogP) is 5.28. The molecule has 0 aromatic heterocycles. The van der Waals surface area contributed by atoms with Crippen LogP contribution in [0.2, 0.25) is 0 Å². The molecule has 0 saturated heterocycles. The Morgan fingerprint density at radius 3 is 2.07 bits per heavy atom. The summed E-state index contributed by atoms with van der Waals surface area (Å²) in [6.07, 6.45) is -0.172. The molecule has 3 rings (SSSR count). The number of carbonyl (C=O) groups is 1. The summed E-state index contributed by atoms with van der Waals surface area (Å²) in [5, 5.41) is 11.4. The topological polar surface area (TPSA) is 87.9 Å². The highest BCUT2D eigenvalue weighted by molar-refractivity contribution is 5.91. The Morgan fingerprint density at radius 1 is 0.900 bits per heavy atom. The first kappa shape index (κ1) is 20.9. The van der Waals surface area contributed by atoms with E-state index in [9.17, 15) is 14.9 Å². The Morgan fingerprint density at radius 2 is 1.50 bits per heavy atom. The lowest BCUT2D eigenvalue weighted by atomic mass is 10.0. The lowest BCUT2D eigenvalue weighted by molar-refractivity contribution is -0.386. The van der Waals surface area contributed by atoms with E-state index in [1.807, 2.05) is 13.8 Å². The van der Waals surface area contributed by atoms with Gasteiger partial charge < -0.3 is 14.2 Å². The van der Waals surface area contributed by atoms with E-state index < -0.39 is 10.9 Å². The van der Waals surface area contributed by atoms with Gasteiger partial charge in [-0.05, 0) is 67.4 Å². The van der Waals surface area contributed by atoms with Crippen LogP contribution in [0.25, 0.3) is 11.1 Å². The van der Waals surface area contributed by atoms with Crippen LogP contribution in [-0.2, 0) is 0 Å². The van der Waals surface area contributed by atoms with E-state index >= 15 is 0 Å². The van der Waals surface area contributed by atoms with Crippen LogP contribution >= 0.6 is 0 Å². The molecule has 154 valence electrons. The summed E-state index contributed by atoms with van der Waals surface area (Å²) in [7, 11) is 1.55. The second kappa shape index (κ2) is 9.09. The van der Waals surface area contributed by atoms with Crippen LogP contribution in [0.5, 0.6) is 17.2 Å². The van der Waals surface area contributed by atoms with Gasteiger partial charge in [-0.25, -0.2) is 4.79 Å². The monoisotopic (exact) mass is 407 g/mol. The first-order valence-corrected chi connectivity index (χ1v) is 9.29. The number of esters is 1. The van der Waals surface area contributed by atoms with Crippen LogP contribution in [0.3, 0.4) is 0 Å². The van der Waals surface area contributed by atoms with E-state index in [0.29, 0.717) is 22.6 Å². The molecule has 0 saturated carbocycles. The summed E-state index contributed by atoms with van der Waals surface area (Å²) in [5.74, 6) is 0.753. The van der Waals surface area contributed by atoms with Gasteiger partial charge in [0.15, 0.2) is 5.75 Å². The predicted molar refractivity (Wildman–Crippen MR) is 112 cm³/mol. The summed E-state index contributed by atoms with van der Waals surface area (Å²) in [5.41, 5.74) is 1.71. The summed E-state index contributed by atoms with van der Waals surface area (Å²) in [6.45, 7) is 3.62. The molecule has 0 aliphatic rings. The van der Waals surface area contributed by atoms with E-state index in [2.05, 4.69) is 0 Å². The quantitative estimate of drug-likeness (QED) is 0.229. The molecule has 0 atom stereocenters. The molecule has 7 heteroatoms. The molecule has 0 heterocycles. The Kier molecular flexibility index (Phi) is 6.32. The first-order valence-electron chi connectivity index (χ1n) is 9.29. The molecule has 0 N–H and O–H groups in total. The lowest BCUT2D eigenvalue weighted by Gasteiger charge is -2.11. The van der Waals surface area contributed by atoms with Crippen molar-refractivity contribution < 1.29 is 23.9 Å². The average Bonchev–Trinajstić information content (AvgIpc) is 2.74. The molecule has 0 fully saturated rings. The van der Waals surface area contributed by atoms with E-state index in [4.69, 9.17) is 14.2 Å². The molecule has 0 amide bonds.